The van der Waals surface area contributed by atoms with Gasteiger partial charge in [0.25, 0.3) is 0 Å². The largest absolute Gasteiger partial charge is 0.374 e. The molecule has 1 amide bonds. The van der Waals surface area contributed by atoms with E-state index < -0.39 is 10.0 Å². The zero-order valence-corrected chi connectivity index (χ0v) is 19.4. The maximum atomic E-state index is 12.6. The highest BCUT2D eigenvalue weighted by atomic mass is 32.2. The van der Waals surface area contributed by atoms with Crippen LogP contribution >= 0.6 is 0 Å². The minimum Gasteiger partial charge on any atom is -0.374 e. The van der Waals surface area contributed by atoms with E-state index in [0.29, 0.717) is 45.0 Å². The SMILES string of the molecule is CC(C)CN1CCOC(CNC(=O)C2CCN(S(=O)(=O)/C=C/c3ccccc3)CC2)C1. The first-order chi connectivity index (χ1) is 14.8. The summed E-state index contributed by atoms with van der Waals surface area (Å²) in [4.78, 5) is 15.0. The Morgan fingerprint density at radius 3 is 2.58 bits per heavy atom. The monoisotopic (exact) mass is 449 g/mol. The molecule has 2 aliphatic heterocycles. The highest BCUT2D eigenvalue weighted by Crippen LogP contribution is 2.21. The maximum Gasteiger partial charge on any atom is 0.236 e. The molecule has 0 spiro atoms. The van der Waals surface area contributed by atoms with Crippen LogP contribution in [0.25, 0.3) is 6.08 Å². The third kappa shape index (κ3) is 7.42. The standard InChI is InChI=1S/C23H35N3O4S/c1-19(2)17-25-13-14-30-22(18-25)16-24-23(27)21-8-11-26(12-9-21)31(28,29)15-10-20-6-4-3-5-7-20/h3-7,10,15,19,21-22H,8-9,11-14,16-18H2,1-2H3,(H,24,27)/b15-10+. The molecule has 172 valence electrons. The molecule has 1 atom stereocenters. The zero-order chi connectivity index (χ0) is 22.3. The number of carbonyl (C=O) groups is 1. The van der Waals surface area contributed by atoms with Crippen molar-refractivity contribution in [1.82, 2.24) is 14.5 Å². The molecular formula is C23H35N3O4S. The number of benzene rings is 1. The molecule has 2 aliphatic rings. The predicted octanol–water partition coefficient (Wildman–Crippen LogP) is 2.17. The van der Waals surface area contributed by atoms with Crippen LogP contribution in [0.15, 0.2) is 35.7 Å². The van der Waals surface area contributed by atoms with Gasteiger partial charge in [-0.3, -0.25) is 9.69 Å². The lowest BCUT2D eigenvalue weighted by Crippen LogP contribution is -2.49. The van der Waals surface area contributed by atoms with Crippen LogP contribution in [0.1, 0.15) is 32.3 Å². The summed E-state index contributed by atoms with van der Waals surface area (Å²) in [7, 11) is -3.48. The van der Waals surface area contributed by atoms with Crippen LogP contribution in [0.4, 0.5) is 0 Å². The Hall–Kier alpha value is -1.74. The maximum absolute atomic E-state index is 12.6. The van der Waals surface area contributed by atoms with Crippen molar-refractivity contribution < 1.29 is 17.9 Å². The number of sulfonamides is 1. The van der Waals surface area contributed by atoms with Crippen molar-refractivity contribution in [2.75, 3.05) is 45.9 Å². The lowest BCUT2D eigenvalue weighted by atomic mass is 9.97. The molecule has 2 saturated heterocycles. The van der Waals surface area contributed by atoms with E-state index in [-0.39, 0.29) is 17.9 Å². The minimum absolute atomic E-state index is 0.00135. The lowest BCUT2D eigenvalue weighted by Gasteiger charge is -2.34. The molecule has 2 fully saturated rings. The van der Waals surface area contributed by atoms with Crippen molar-refractivity contribution in [3.05, 3.63) is 41.3 Å². The van der Waals surface area contributed by atoms with Gasteiger partial charge in [0.15, 0.2) is 0 Å². The lowest BCUT2D eigenvalue weighted by molar-refractivity contribution is -0.127. The number of morpholine rings is 1. The van der Waals surface area contributed by atoms with Crippen LogP contribution in [-0.4, -0.2) is 75.5 Å². The summed E-state index contributed by atoms with van der Waals surface area (Å²) in [5.74, 6) is 0.457. The number of hydrogen-bond acceptors (Lipinski definition) is 5. The van der Waals surface area contributed by atoms with Crippen LogP contribution in [0.5, 0.6) is 0 Å². The Balaban J connectivity index is 1.42. The number of piperidine rings is 1. The molecule has 2 heterocycles. The number of carbonyl (C=O) groups excluding carboxylic acids is 1. The van der Waals surface area contributed by atoms with Gasteiger partial charge in [-0.1, -0.05) is 44.2 Å². The molecule has 0 aliphatic carbocycles. The molecule has 7 nitrogen and oxygen atoms in total. The first kappa shape index (κ1) is 23.9. The van der Waals surface area contributed by atoms with E-state index in [4.69, 9.17) is 4.74 Å². The summed E-state index contributed by atoms with van der Waals surface area (Å²) < 4.78 is 32.4. The van der Waals surface area contributed by atoms with E-state index in [1.807, 2.05) is 30.3 Å². The number of nitrogens with one attached hydrogen (secondary N) is 1. The van der Waals surface area contributed by atoms with Crippen molar-refractivity contribution >= 4 is 22.0 Å². The van der Waals surface area contributed by atoms with Gasteiger partial charge in [-0.25, -0.2) is 8.42 Å². The molecule has 31 heavy (non-hydrogen) atoms. The van der Waals surface area contributed by atoms with Gasteiger partial charge in [0.2, 0.25) is 15.9 Å². The third-order valence-corrected chi connectivity index (χ3v) is 7.33. The van der Waals surface area contributed by atoms with Gasteiger partial charge < -0.3 is 10.1 Å². The molecule has 1 aromatic carbocycles. The van der Waals surface area contributed by atoms with E-state index in [9.17, 15) is 13.2 Å². The first-order valence-corrected chi connectivity index (χ1v) is 12.7. The van der Waals surface area contributed by atoms with Gasteiger partial charge in [-0.2, -0.15) is 4.31 Å². The Bertz CT molecular complexity index is 834. The van der Waals surface area contributed by atoms with Gasteiger partial charge in [0.05, 0.1) is 12.7 Å². The zero-order valence-electron chi connectivity index (χ0n) is 18.6. The van der Waals surface area contributed by atoms with E-state index in [2.05, 4.69) is 24.1 Å². The number of rotatable bonds is 8. The molecule has 3 rings (SSSR count). The Morgan fingerprint density at radius 2 is 1.90 bits per heavy atom. The summed E-state index contributed by atoms with van der Waals surface area (Å²) >= 11 is 0. The Kier molecular flexibility index (Phi) is 8.66. The Labute approximate surface area is 186 Å². The fraction of sp³-hybridized carbons (Fsp3) is 0.609. The second-order valence-corrected chi connectivity index (χ2v) is 10.6. The van der Waals surface area contributed by atoms with Crippen LogP contribution in [0.3, 0.4) is 0 Å². The molecule has 1 unspecified atom stereocenters. The first-order valence-electron chi connectivity index (χ1n) is 11.2. The molecule has 0 radical (unpaired) electrons. The molecule has 1 N–H and O–H groups in total. The quantitative estimate of drug-likeness (QED) is 0.658. The predicted molar refractivity (Wildman–Crippen MR) is 123 cm³/mol. The summed E-state index contributed by atoms with van der Waals surface area (Å²) in [6.45, 7) is 9.15. The fourth-order valence-electron chi connectivity index (χ4n) is 4.13. The van der Waals surface area contributed by atoms with Crippen LogP contribution < -0.4 is 5.32 Å². The second kappa shape index (κ2) is 11.2. The molecule has 0 aromatic heterocycles. The topological polar surface area (TPSA) is 79.0 Å². The van der Waals surface area contributed by atoms with E-state index >= 15 is 0 Å². The Morgan fingerprint density at radius 1 is 1.19 bits per heavy atom. The number of hydrogen-bond donors (Lipinski definition) is 1. The molecule has 0 bridgehead atoms. The fourth-order valence-corrected chi connectivity index (χ4v) is 5.35. The minimum atomic E-state index is -3.48. The van der Waals surface area contributed by atoms with Crippen LogP contribution in [0.2, 0.25) is 0 Å². The van der Waals surface area contributed by atoms with Gasteiger partial charge in [-0.15, -0.1) is 0 Å². The van der Waals surface area contributed by atoms with Crippen LogP contribution in [0, 0.1) is 11.8 Å². The summed E-state index contributed by atoms with van der Waals surface area (Å²) in [6.07, 6.45) is 2.70. The van der Waals surface area contributed by atoms with Crippen molar-refractivity contribution in [3.8, 4) is 0 Å². The highest BCUT2D eigenvalue weighted by molar-refractivity contribution is 7.92. The summed E-state index contributed by atoms with van der Waals surface area (Å²) in [6, 6.07) is 9.36. The van der Waals surface area contributed by atoms with E-state index in [1.54, 1.807) is 6.08 Å². The molecule has 8 heteroatoms. The molecule has 0 saturated carbocycles. The van der Waals surface area contributed by atoms with E-state index in [1.165, 1.54) is 9.71 Å². The number of amides is 1. The number of ether oxygens (including phenoxy) is 1. The van der Waals surface area contributed by atoms with Crippen molar-refractivity contribution in [1.29, 1.82) is 0 Å². The summed E-state index contributed by atoms with van der Waals surface area (Å²) in [5, 5.41) is 4.28. The second-order valence-electron chi connectivity index (χ2n) is 8.82. The summed E-state index contributed by atoms with van der Waals surface area (Å²) in [5.41, 5.74) is 0.845. The third-order valence-electron chi connectivity index (χ3n) is 5.77. The highest BCUT2D eigenvalue weighted by Gasteiger charge is 2.30. The average molecular weight is 450 g/mol. The van der Waals surface area contributed by atoms with E-state index in [0.717, 1.165) is 25.2 Å². The smallest absolute Gasteiger partial charge is 0.236 e. The van der Waals surface area contributed by atoms with Crippen molar-refractivity contribution in [2.24, 2.45) is 11.8 Å². The van der Waals surface area contributed by atoms with Gasteiger partial charge in [0, 0.05) is 50.6 Å². The molecular weight excluding hydrogens is 414 g/mol. The molecule has 1 aromatic rings. The van der Waals surface area contributed by atoms with Crippen molar-refractivity contribution in [2.45, 2.75) is 32.8 Å². The van der Waals surface area contributed by atoms with Gasteiger partial charge in [-0.05, 0) is 30.4 Å². The normalized spacial score (nSPS) is 22.2. The van der Waals surface area contributed by atoms with Crippen molar-refractivity contribution in [3.63, 3.8) is 0 Å². The number of nitrogens with zero attached hydrogens (tertiary/aromatic N) is 2. The van der Waals surface area contributed by atoms with Gasteiger partial charge in [0.1, 0.15) is 0 Å². The van der Waals surface area contributed by atoms with Crippen LogP contribution in [-0.2, 0) is 19.6 Å². The average Bonchev–Trinajstić information content (AvgIpc) is 2.77. The van der Waals surface area contributed by atoms with Gasteiger partial charge >= 0.3 is 0 Å².